The summed E-state index contributed by atoms with van der Waals surface area (Å²) in [6.45, 7) is 0.874. The van der Waals surface area contributed by atoms with E-state index in [1.165, 1.54) is 0 Å². The predicted molar refractivity (Wildman–Crippen MR) is 98.1 cm³/mol. The first-order valence-electron chi connectivity index (χ1n) is 8.22. The van der Waals surface area contributed by atoms with E-state index in [1.807, 2.05) is 48.5 Å². The minimum atomic E-state index is 0.260. The van der Waals surface area contributed by atoms with Crippen LogP contribution in [0.15, 0.2) is 53.7 Å². The number of nitrogens with zero attached hydrogens (tertiary/aromatic N) is 4. The molecule has 0 radical (unpaired) electrons. The van der Waals surface area contributed by atoms with Gasteiger partial charge in [-0.15, -0.1) is 10.2 Å². The van der Waals surface area contributed by atoms with Gasteiger partial charge in [0, 0.05) is 17.7 Å². The summed E-state index contributed by atoms with van der Waals surface area (Å²) in [5.74, 6) is 3.02. The first-order chi connectivity index (χ1) is 12.8. The van der Waals surface area contributed by atoms with Gasteiger partial charge in [-0.25, -0.2) is 0 Å². The highest BCUT2D eigenvalue weighted by Crippen LogP contribution is 2.33. The number of fused-ring (bicyclic) bond motifs is 1. The molecule has 0 spiro atoms. The Morgan fingerprint density at radius 1 is 1.08 bits per heavy atom. The molecule has 0 atom stereocenters. The van der Waals surface area contributed by atoms with Crippen molar-refractivity contribution in [2.45, 2.75) is 18.1 Å². The molecule has 130 valence electrons. The summed E-state index contributed by atoms with van der Waals surface area (Å²) in [5.41, 5.74) is 2.08. The average molecular weight is 364 g/mol. The van der Waals surface area contributed by atoms with Gasteiger partial charge in [0.25, 0.3) is 0 Å². The molecule has 0 bridgehead atoms. The van der Waals surface area contributed by atoms with Crippen LogP contribution < -0.4 is 9.47 Å². The third-order valence-electron chi connectivity index (χ3n) is 3.97. The molecular weight excluding hydrogens is 348 g/mol. The minimum absolute atomic E-state index is 0.260. The van der Waals surface area contributed by atoms with Crippen molar-refractivity contribution in [3.05, 3.63) is 54.1 Å². The Labute approximate surface area is 155 Å². The van der Waals surface area contributed by atoms with E-state index in [1.54, 1.807) is 11.8 Å². The SMILES string of the molecule is N#CCCSc1nnc(-c2ccccc2)n1Cc1ccc2c(c1)OCO2. The highest BCUT2D eigenvalue weighted by molar-refractivity contribution is 7.99. The maximum atomic E-state index is 8.79. The third kappa shape index (κ3) is 3.37. The van der Waals surface area contributed by atoms with Gasteiger partial charge >= 0.3 is 0 Å². The van der Waals surface area contributed by atoms with Gasteiger partial charge in [0.1, 0.15) is 0 Å². The summed E-state index contributed by atoms with van der Waals surface area (Å²) in [6.07, 6.45) is 0.474. The number of hydrogen-bond donors (Lipinski definition) is 0. The number of hydrogen-bond acceptors (Lipinski definition) is 6. The van der Waals surface area contributed by atoms with Crippen LogP contribution in [0.2, 0.25) is 0 Å². The average Bonchev–Trinajstić information content (AvgIpc) is 3.30. The van der Waals surface area contributed by atoms with Gasteiger partial charge in [-0.2, -0.15) is 5.26 Å². The van der Waals surface area contributed by atoms with Gasteiger partial charge in [0.05, 0.1) is 12.6 Å². The lowest BCUT2D eigenvalue weighted by atomic mass is 10.2. The van der Waals surface area contributed by atoms with E-state index in [4.69, 9.17) is 14.7 Å². The zero-order valence-corrected chi connectivity index (χ0v) is 14.8. The summed E-state index contributed by atoms with van der Waals surface area (Å²) in [6, 6.07) is 18.1. The zero-order chi connectivity index (χ0) is 17.8. The van der Waals surface area contributed by atoms with Crippen molar-refractivity contribution in [3.8, 4) is 29.0 Å². The van der Waals surface area contributed by atoms with Crippen LogP contribution in [0.4, 0.5) is 0 Å². The Hall–Kier alpha value is -2.98. The highest BCUT2D eigenvalue weighted by Gasteiger charge is 2.17. The molecule has 26 heavy (non-hydrogen) atoms. The van der Waals surface area contributed by atoms with Crippen molar-refractivity contribution in [3.63, 3.8) is 0 Å². The van der Waals surface area contributed by atoms with E-state index in [2.05, 4.69) is 20.8 Å². The van der Waals surface area contributed by atoms with Gasteiger partial charge in [0.15, 0.2) is 22.5 Å². The predicted octanol–water partition coefficient (Wildman–Crippen LogP) is 3.73. The molecule has 7 heteroatoms. The molecule has 0 fully saturated rings. The van der Waals surface area contributed by atoms with Crippen LogP contribution in [0.25, 0.3) is 11.4 Å². The Kier molecular flexibility index (Phi) is 4.75. The molecule has 0 N–H and O–H groups in total. The summed E-state index contributed by atoms with van der Waals surface area (Å²) < 4.78 is 12.9. The molecule has 0 saturated carbocycles. The van der Waals surface area contributed by atoms with Gasteiger partial charge in [-0.1, -0.05) is 48.2 Å². The molecule has 1 aliphatic heterocycles. The standard InChI is InChI=1S/C19H16N4O2S/c20-9-4-10-26-19-22-21-18(15-5-2-1-3-6-15)23(19)12-14-7-8-16-17(11-14)25-13-24-16/h1-3,5-8,11H,4,10,12-13H2. The Balaban J connectivity index is 1.67. The number of aromatic nitrogens is 3. The number of rotatable bonds is 6. The fraction of sp³-hybridized carbons (Fsp3) is 0.211. The fourth-order valence-electron chi connectivity index (χ4n) is 2.75. The molecule has 0 saturated heterocycles. The first kappa shape index (κ1) is 16.5. The van der Waals surface area contributed by atoms with Crippen molar-refractivity contribution in [2.24, 2.45) is 0 Å². The van der Waals surface area contributed by atoms with E-state index >= 15 is 0 Å². The lowest BCUT2D eigenvalue weighted by Crippen LogP contribution is -2.04. The Morgan fingerprint density at radius 3 is 2.77 bits per heavy atom. The van der Waals surface area contributed by atoms with Crippen LogP contribution in [0.5, 0.6) is 11.5 Å². The minimum Gasteiger partial charge on any atom is -0.454 e. The second-order valence-corrected chi connectivity index (χ2v) is 6.76. The molecule has 4 rings (SSSR count). The molecular formula is C19H16N4O2S. The molecule has 0 unspecified atom stereocenters. The normalized spacial score (nSPS) is 12.1. The second kappa shape index (κ2) is 7.50. The molecule has 0 aliphatic carbocycles. The van der Waals surface area contributed by atoms with Gasteiger partial charge < -0.3 is 9.47 Å². The maximum Gasteiger partial charge on any atom is 0.231 e. The van der Waals surface area contributed by atoms with Crippen molar-refractivity contribution in [2.75, 3.05) is 12.5 Å². The van der Waals surface area contributed by atoms with Crippen LogP contribution in [0.1, 0.15) is 12.0 Å². The number of ether oxygens (including phenoxy) is 2. The van der Waals surface area contributed by atoms with Crippen LogP contribution in [0.3, 0.4) is 0 Å². The highest BCUT2D eigenvalue weighted by atomic mass is 32.2. The molecule has 2 heterocycles. The van der Waals surface area contributed by atoms with Gasteiger partial charge in [-0.3, -0.25) is 4.57 Å². The number of benzene rings is 2. The largest absolute Gasteiger partial charge is 0.454 e. The van der Waals surface area contributed by atoms with E-state index in [0.29, 0.717) is 18.7 Å². The van der Waals surface area contributed by atoms with Crippen LogP contribution in [0, 0.1) is 11.3 Å². The van der Waals surface area contributed by atoms with E-state index < -0.39 is 0 Å². The Bertz CT molecular complexity index is 950. The number of nitriles is 1. The summed E-state index contributed by atoms with van der Waals surface area (Å²) >= 11 is 1.54. The molecule has 1 aliphatic rings. The first-order valence-corrected chi connectivity index (χ1v) is 9.20. The molecule has 6 nitrogen and oxygen atoms in total. The van der Waals surface area contributed by atoms with E-state index in [-0.39, 0.29) is 6.79 Å². The van der Waals surface area contributed by atoms with E-state index in [9.17, 15) is 0 Å². The fourth-order valence-corrected chi connectivity index (χ4v) is 3.53. The van der Waals surface area contributed by atoms with Gasteiger partial charge in [0.2, 0.25) is 6.79 Å². The summed E-state index contributed by atoms with van der Waals surface area (Å²) in [5, 5.41) is 18.3. The maximum absolute atomic E-state index is 8.79. The van der Waals surface area contributed by atoms with Crippen molar-refractivity contribution < 1.29 is 9.47 Å². The van der Waals surface area contributed by atoms with E-state index in [0.717, 1.165) is 33.6 Å². The van der Waals surface area contributed by atoms with Crippen molar-refractivity contribution >= 4 is 11.8 Å². The van der Waals surface area contributed by atoms with Crippen LogP contribution in [-0.2, 0) is 6.54 Å². The third-order valence-corrected chi connectivity index (χ3v) is 4.94. The second-order valence-electron chi connectivity index (χ2n) is 5.70. The molecule has 2 aromatic carbocycles. The van der Waals surface area contributed by atoms with Gasteiger partial charge in [-0.05, 0) is 17.7 Å². The quantitative estimate of drug-likeness (QED) is 0.490. The van der Waals surface area contributed by atoms with Crippen LogP contribution >= 0.6 is 11.8 Å². The molecule has 0 amide bonds. The lowest BCUT2D eigenvalue weighted by Gasteiger charge is -2.11. The Morgan fingerprint density at radius 2 is 1.92 bits per heavy atom. The topological polar surface area (TPSA) is 73.0 Å². The molecule has 1 aromatic heterocycles. The summed E-state index contributed by atoms with van der Waals surface area (Å²) in [7, 11) is 0. The summed E-state index contributed by atoms with van der Waals surface area (Å²) in [4.78, 5) is 0. The van der Waals surface area contributed by atoms with Crippen molar-refractivity contribution in [1.82, 2.24) is 14.8 Å². The zero-order valence-electron chi connectivity index (χ0n) is 14.0. The monoisotopic (exact) mass is 364 g/mol. The molecule has 3 aromatic rings. The van der Waals surface area contributed by atoms with Crippen LogP contribution in [-0.4, -0.2) is 27.3 Å². The number of thioether (sulfide) groups is 1. The van der Waals surface area contributed by atoms with Crippen molar-refractivity contribution in [1.29, 1.82) is 5.26 Å². The smallest absolute Gasteiger partial charge is 0.231 e. The lowest BCUT2D eigenvalue weighted by molar-refractivity contribution is 0.174.